The molecule has 1 aromatic carbocycles. The van der Waals surface area contributed by atoms with Crippen molar-refractivity contribution in [1.29, 1.82) is 0 Å². The molecule has 1 aliphatic rings. The van der Waals surface area contributed by atoms with Gasteiger partial charge in [-0.25, -0.2) is 0 Å². The van der Waals surface area contributed by atoms with Crippen LogP contribution in [0.1, 0.15) is 18.4 Å². The molecular weight excluding hydrogens is 192 g/mol. The Morgan fingerprint density at radius 1 is 1.13 bits per heavy atom. The molecule has 0 saturated carbocycles. The highest BCUT2D eigenvalue weighted by Crippen LogP contribution is 2.27. The van der Waals surface area contributed by atoms with E-state index in [-0.39, 0.29) is 17.3 Å². The van der Waals surface area contributed by atoms with E-state index in [0.29, 0.717) is 30.4 Å². The third-order valence-corrected chi connectivity index (χ3v) is 2.63. The molecule has 3 nitrogen and oxygen atoms in total. The van der Waals surface area contributed by atoms with Gasteiger partial charge in [-0.05, 0) is 11.6 Å². The van der Waals surface area contributed by atoms with Gasteiger partial charge in [0, 0.05) is 24.8 Å². The van der Waals surface area contributed by atoms with Gasteiger partial charge in [-0.1, -0.05) is 18.2 Å². The first kappa shape index (κ1) is 9.77. The summed E-state index contributed by atoms with van der Waals surface area (Å²) < 4.78 is 0. The van der Waals surface area contributed by atoms with E-state index >= 15 is 0 Å². The number of phenols is 1. The van der Waals surface area contributed by atoms with Gasteiger partial charge in [-0.3, -0.25) is 4.79 Å². The third kappa shape index (κ3) is 1.86. The summed E-state index contributed by atoms with van der Waals surface area (Å²) in [5, 5.41) is 19.0. The van der Waals surface area contributed by atoms with E-state index in [1.54, 1.807) is 24.3 Å². The first-order valence-electron chi connectivity index (χ1n) is 4.89. The molecule has 78 valence electrons. The van der Waals surface area contributed by atoms with Crippen LogP contribution >= 0.6 is 0 Å². The number of Topliss-reactive ketones (excluding diaryl/α,β-unsaturated/α-hetero) is 1. The highest BCUT2D eigenvalue weighted by molar-refractivity contribution is 5.98. The first-order valence-corrected chi connectivity index (χ1v) is 4.89. The van der Waals surface area contributed by atoms with Crippen LogP contribution in [0, 0.1) is 0 Å². The summed E-state index contributed by atoms with van der Waals surface area (Å²) in [6, 6.07) is 6.85. The van der Waals surface area contributed by atoms with Crippen LogP contribution in [0.2, 0.25) is 0 Å². The summed E-state index contributed by atoms with van der Waals surface area (Å²) in [6.07, 6.45) is 1.13. The van der Waals surface area contributed by atoms with Crippen LogP contribution in [0.3, 0.4) is 0 Å². The van der Waals surface area contributed by atoms with E-state index in [2.05, 4.69) is 0 Å². The summed E-state index contributed by atoms with van der Waals surface area (Å²) in [5.41, 5.74) is 1.12. The van der Waals surface area contributed by atoms with Gasteiger partial charge in [-0.2, -0.15) is 0 Å². The maximum atomic E-state index is 11.4. The van der Waals surface area contributed by atoms with E-state index in [1.807, 2.05) is 0 Å². The Morgan fingerprint density at radius 2 is 1.87 bits per heavy atom. The third-order valence-electron chi connectivity index (χ3n) is 2.63. The fourth-order valence-electron chi connectivity index (χ4n) is 1.75. The lowest BCUT2D eigenvalue weighted by Crippen LogP contribution is -2.00. The minimum atomic E-state index is -0.0178. The van der Waals surface area contributed by atoms with Gasteiger partial charge in [-0.15, -0.1) is 0 Å². The summed E-state index contributed by atoms with van der Waals surface area (Å²) in [5.74, 6) is 0.316. The lowest BCUT2D eigenvalue weighted by molar-refractivity contribution is -0.115. The van der Waals surface area contributed by atoms with Crippen LogP contribution < -0.4 is 0 Å². The number of rotatable bonds is 2. The fourth-order valence-corrected chi connectivity index (χ4v) is 1.75. The number of aliphatic hydroxyl groups is 1. The van der Waals surface area contributed by atoms with Gasteiger partial charge >= 0.3 is 0 Å². The molecule has 15 heavy (non-hydrogen) atoms. The Bertz CT molecular complexity index is 432. The molecule has 0 unspecified atom stereocenters. The van der Waals surface area contributed by atoms with Crippen LogP contribution in [0.4, 0.5) is 0 Å². The smallest absolute Gasteiger partial charge is 0.162 e. The average molecular weight is 204 g/mol. The Balaban J connectivity index is 2.26. The standard InChI is InChI=1S/C12H12O3/c13-10-4-2-1-3-8(10)7-9-11(14)5-6-12(9)15/h1-4,13-14H,5-7H2. The molecule has 0 saturated heterocycles. The summed E-state index contributed by atoms with van der Waals surface area (Å²) in [4.78, 5) is 11.4. The number of hydrogen-bond donors (Lipinski definition) is 2. The molecule has 3 heteroatoms. The number of carbonyl (C=O) groups excluding carboxylic acids is 1. The van der Waals surface area contributed by atoms with Crippen molar-refractivity contribution in [1.82, 2.24) is 0 Å². The minimum Gasteiger partial charge on any atom is -0.512 e. The molecule has 0 atom stereocenters. The first-order chi connectivity index (χ1) is 7.18. The Hall–Kier alpha value is -1.77. The van der Waals surface area contributed by atoms with Crippen molar-refractivity contribution >= 4 is 5.78 Å². The minimum absolute atomic E-state index is 0.0178. The molecule has 0 amide bonds. The maximum Gasteiger partial charge on any atom is 0.162 e. The van der Waals surface area contributed by atoms with Crippen molar-refractivity contribution in [3.8, 4) is 5.75 Å². The van der Waals surface area contributed by atoms with Crippen LogP contribution in [-0.2, 0) is 11.2 Å². The van der Waals surface area contributed by atoms with E-state index < -0.39 is 0 Å². The highest BCUT2D eigenvalue weighted by atomic mass is 16.3. The summed E-state index contributed by atoms with van der Waals surface area (Å²) in [6.45, 7) is 0. The van der Waals surface area contributed by atoms with Crippen LogP contribution in [-0.4, -0.2) is 16.0 Å². The molecule has 1 aromatic rings. The molecule has 0 bridgehead atoms. The number of aliphatic hydroxyl groups excluding tert-OH is 1. The molecule has 2 rings (SSSR count). The number of benzene rings is 1. The van der Waals surface area contributed by atoms with Crippen molar-refractivity contribution in [2.75, 3.05) is 0 Å². The molecule has 0 aliphatic heterocycles. The normalized spacial score (nSPS) is 16.1. The number of ketones is 1. The number of aromatic hydroxyl groups is 1. The molecule has 1 aliphatic carbocycles. The van der Waals surface area contributed by atoms with Crippen LogP contribution in [0.25, 0.3) is 0 Å². The van der Waals surface area contributed by atoms with E-state index in [0.717, 1.165) is 0 Å². The van der Waals surface area contributed by atoms with Crippen molar-refractivity contribution in [2.24, 2.45) is 0 Å². The SMILES string of the molecule is O=C1CCC(O)=C1Cc1ccccc1O. The van der Waals surface area contributed by atoms with E-state index in [1.165, 1.54) is 0 Å². The number of hydrogen-bond acceptors (Lipinski definition) is 3. The zero-order chi connectivity index (χ0) is 10.8. The second-order valence-electron chi connectivity index (χ2n) is 3.65. The van der Waals surface area contributed by atoms with Crippen LogP contribution in [0.5, 0.6) is 5.75 Å². The zero-order valence-electron chi connectivity index (χ0n) is 8.23. The number of carbonyl (C=O) groups is 1. The molecular formula is C12H12O3. The van der Waals surface area contributed by atoms with Gasteiger partial charge in [0.05, 0.1) is 5.76 Å². The Morgan fingerprint density at radius 3 is 2.47 bits per heavy atom. The van der Waals surface area contributed by atoms with Gasteiger partial charge < -0.3 is 10.2 Å². The molecule has 0 heterocycles. The predicted octanol–water partition coefficient (Wildman–Crippen LogP) is 2.11. The lowest BCUT2D eigenvalue weighted by atomic mass is 10.0. The van der Waals surface area contributed by atoms with Crippen molar-refractivity contribution in [2.45, 2.75) is 19.3 Å². The highest BCUT2D eigenvalue weighted by Gasteiger charge is 2.23. The molecule has 0 radical (unpaired) electrons. The lowest BCUT2D eigenvalue weighted by Gasteiger charge is -2.04. The van der Waals surface area contributed by atoms with E-state index in [9.17, 15) is 15.0 Å². The molecule has 0 aromatic heterocycles. The second kappa shape index (κ2) is 3.77. The second-order valence-corrected chi connectivity index (χ2v) is 3.65. The van der Waals surface area contributed by atoms with Crippen molar-refractivity contribution in [3.05, 3.63) is 41.2 Å². The molecule has 0 spiro atoms. The largest absolute Gasteiger partial charge is 0.512 e. The van der Waals surface area contributed by atoms with Gasteiger partial charge in [0.1, 0.15) is 5.75 Å². The van der Waals surface area contributed by atoms with Crippen molar-refractivity contribution in [3.63, 3.8) is 0 Å². The zero-order valence-corrected chi connectivity index (χ0v) is 8.23. The Kier molecular flexibility index (Phi) is 2.46. The summed E-state index contributed by atoms with van der Waals surface area (Å²) in [7, 11) is 0. The number of para-hydroxylation sites is 1. The quantitative estimate of drug-likeness (QED) is 0.775. The van der Waals surface area contributed by atoms with Gasteiger partial charge in [0.25, 0.3) is 0 Å². The number of allylic oxidation sites excluding steroid dienone is 2. The van der Waals surface area contributed by atoms with E-state index in [4.69, 9.17) is 0 Å². The predicted molar refractivity (Wildman–Crippen MR) is 55.7 cm³/mol. The van der Waals surface area contributed by atoms with Crippen LogP contribution in [0.15, 0.2) is 35.6 Å². The number of phenolic OH excluding ortho intramolecular Hbond substituents is 1. The van der Waals surface area contributed by atoms with Crippen molar-refractivity contribution < 1.29 is 15.0 Å². The Labute approximate surface area is 87.7 Å². The molecule has 2 N–H and O–H groups in total. The summed E-state index contributed by atoms with van der Waals surface area (Å²) >= 11 is 0. The fraction of sp³-hybridized carbons (Fsp3) is 0.250. The molecule has 0 fully saturated rings. The monoisotopic (exact) mass is 204 g/mol. The van der Waals surface area contributed by atoms with Gasteiger partial charge in [0.15, 0.2) is 5.78 Å². The average Bonchev–Trinajstić information content (AvgIpc) is 2.53. The topological polar surface area (TPSA) is 57.5 Å². The maximum absolute atomic E-state index is 11.4. The van der Waals surface area contributed by atoms with Gasteiger partial charge in [0.2, 0.25) is 0 Å².